The topological polar surface area (TPSA) is 62.1 Å². The highest BCUT2D eigenvalue weighted by molar-refractivity contribution is 5.94. The fraction of sp³-hybridized carbons (Fsp3) is 0.333. The van der Waals surface area contributed by atoms with Gasteiger partial charge in [0.1, 0.15) is 0 Å². The summed E-state index contributed by atoms with van der Waals surface area (Å²) in [6, 6.07) is 8.59. The number of rotatable bonds is 5. The Bertz CT molecular complexity index is 396. The van der Waals surface area contributed by atoms with E-state index in [1.54, 1.807) is 24.3 Å². The number of hydrogen-bond donors (Lipinski definition) is 1. The van der Waals surface area contributed by atoms with E-state index < -0.39 is 0 Å². The van der Waals surface area contributed by atoms with Crippen molar-refractivity contribution in [1.82, 2.24) is 5.32 Å². The Morgan fingerprint density at radius 3 is 3.06 bits per heavy atom. The largest absolute Gasteiger partial charge is 0.380 e. The second-order valence-electron chi connectivity index (χ2n) is 3.15. The van der Waals surface area contributed by atoms with Crippen molar-refractivity contribution in [1.29, 1.82) is 5.26 Å². The monoisotopic (exact) mass is 218 g/mol. The Hall–Kier alpha value is -1.86. The van der Waals surface area contributed by atoms with E-state index >= 15 is 0 Å². The molecular formula is C12H14N2O2. The van der Waals surface area contributed by atoms with Crippen molar-refractivity contribution < 1.29 is 9.53 Å². The predicted molar refractivity (Wildman–Crippen MR) is 60.0 cm³/mol. The van der Waals surface area contributed by atoms with E-state index in [0.29, 0.717) is 30.9 Å². The molecule has 0 aliphatic rings. The Labute approximate surface area is 94.8 Å². The van der Waals surface area contributed by atoms with E-state index in [0.717, 1.165) is 0 Å². The molecule has 84 valence electrons. The van der Waals surface area contributed by atoms with Crippen LogP contribution < -0.4 is 5.32 Å². The highest BCUT2D eigenvalue weighted by atomic mass is 16.5. The average Bonchev–Trinajstić information content (AvgIpc) is 2.34. The number of carbonyl (C=O) groups excluding carboxylic acids is 1. The molecule has 0 radical (unpaired) electrons. The summed E-state index contributed by atoms with van der Waals surface area (Å²) in [4.78, 5) is 11.6. The van der Waals surface area contributed by atoms with Gasteiger partial charge in [0.15, 0.2) is 0 Å². The zero-order valence-corrected chi connectivity index (χ0v) is 9.19. The van der Waals surface area contributed by atoms with E-state index in [-0.39, 0.29) is 5.91 Å². The van der Waals surface area contributed by atoms with E-state index in [1.165, 1.54) is 0 Å². The summed E-state index contributed by atoms with van der Waals surface area (Å²) in [6.45, 7) is 3.52. The summed E-state index contributed by atoms with van der Waals surface area (Å²) < 4.78 is 5.10. The lowest BCUT2D eigenvalue weighted by Crippen LogP contribution is -2.27. The van der Waals surface area contributed by atoms with Crippen LogP contribution >= 0.6 is 0 Å². The highest BCUT2D eigenvalue weighted by Crippen LogP contribution is 2.03. The summed E-state index contributed by atoms with van der Waals surface area (Å²) in [5, 5.41) is 11.4. The molecule has 1 aromatic carbocycles. The van der Waals surface area contributed by atoms with Gasteiger partial charge in [0.25, 0.3) is 5.91 Å². The average molecular weight is 218 g/mol. The van der Waals surface area contributed by atoms with Crippen LogP contribution in [-0.2, 0) is 4.74 Å². The molecule has 0 fully saturated rings. The van der Waals surface area contributed by atoms with Crippen molar-refractivity contribution in [3.05, 3.63) is 35.4 Å². The standard InChI is InChI=1S/C12H14N2O2/c1-2-16-7-6-14-12(15)11-5-3-4-10(8-11)9-13/h3-5,8H,2,6-7H2,1H3,(H,14,15). The van der Waals surface area contributed by atoms with Crippen molar-refractivity contribution in [2.24, 2.45) is 0 Å². The number of nitrogens with one attached hydrogen (secondary N) is 1. The zero-order valence-electron chi connectivity index (χ0n) is 9.19. The minimum atomic E-state index is -0.184. The molecule has 0 aliphatic heterocycles. The van der Waals surface area contributed by atoms with Crippen LogP contribution in [0.5, 0.6) is 0 Å². The van der Waals surface area contributed by atoms with Gasteiger partial charge in [0.05, 0.1) is 18.2 Å². The fourth-order valence-corrected chi connectivity index (χ4v) is 1.21. The minimum absolute atomic E-state index is 0.184. The molecule has 0 unspecified atom stereocenters. The molecule has 0 saturated heterocycles. The first-order valence-electron chi connectivity index (χ1n) is 5.14. The molecule has 1 rings (SSSR count). The first-order chi connectivity index (χ1) is 7.77. The summed E-state index contributed by atoms with van der Waals surface area (Å²) in [6.07, 6.45) is 0. The van der Waals surface area contributed by atoms with Gasteiger partial charge < -0.3 is 10.1 Å². The first-order valence-corrected chi connectivity index (χ1v) is 5.14. The smallest absolute Gasteiger partial charge is 0.251 e. The summed E-state index contributed by atoms with van der Waals surface area (Å²) in [5.74, 6) is -0.184. The maximum absolute atomic E-state index is 11.6. The van der Waals surface area contributed by atoms with Crippen LogP contribution in [0.1, 0.15) is 22.8 Å². The number of hydrogen-bond acceptors (Lipinski definition) is 3. The number of nitriles is 1. The molecule has 0 heterocycles. The van der Waals surface area contributed by atoms with Crippen molar-refractivity contribution in [2.45, 2.75) is 6.92 Å². The van der Waals surface area contributed by atoms with Crippen LogP contribution in [0, 0.1) is 11.3 Å². The summed E-state index contributed by atoms with van der Waals surface area (Å²) in [5.41, 5.74) is 0.980. The molecule has 0 saturated carbocycles. The van der Waals surface area contributed by atoms with Crippen LogP contribution in [0.4, 0.5) is 0 Å². The predicted octanol–water partition coefficient (Wildman–Crippen LogP) is 1.32. The van der Waals surface area contributed by atoms with Gasteiger partial charge in [-0.3, -0.25) is 4.79 Å². The van der Waals surface area contributed by atoms with Crippen molar-refractivity contribution >= 4 is 5.91 Å². The van der Waals surface area contributed by atoms with Gasteiger partial charge in [0, 0.05) is 18.7 Å². The normalized spacial score (nSPS) is 9.50. The number of ether oxygens (including phenoxy) is 1. The molecule has 0 bridgehead atoms. The van der Waals surface area contributed by atoms with Gasteiger partial charge >= 0.3 is 0 Å². The molecule has 4 heteroatoms. The molecular weight excluding hydrogens is 204 g/mol. The number of amides is 1. The van der Waals surface area contributed by atoms with E-state index in [1.807, 2.05) is 13.0 Å². The molecule has 1 aromatic rings. The molecule has 0 aromatic heterocycles. The second-order valence-corrected chi connectivity index (χ2v) is 3.15. The number of nitrogens with zero attached hydrogens (tertiary/aromatic N) is 1. The Kier molecular flexibility index (Phi) is 5.03. The van der Waals surface area contributed by atoms with Gasteiger partial charge in [-0.25, -0.2) is 0 Å². The van der Waals surface area contributed by atoms with Crippen LogP contribution in [0.3, 0.4) is 0 Å². The minimum Gasteiger partial charge on any atom is -0.380 e. The van der Waals surface area contributed by atoms with Crippen molar-refractivity contribution in [2.75, 3.05) is 19.8 Å². The molecule has 0 spiro atoms. The van der Waals surface area contributed by atoms with E-state index in [4.69, 9.17) is 10.00 Å². The molecule has 1 N–H and O–H groups in total. The van der Waals surface area contributed by atoms with Gasteiger partial charge in [0.2, 0.25) is 0 Å². The molecule has 16 heavy (non-hydrogen) atoms. The van der Waals surface area contributed by atoms with E-state index in [2.05, 4.69) is 5.32 Å². The second kappa shape index (κ2) is 6.59. The van der Waals surface area contributed by atoms with Gasteiger partial charge in [-0.2, -0.15) is 5.26 Å². The first kappa shape index (κ1) is 12.2. The third-order valence-corrected chi connectivity index (χ3v) is 1.99. The lowest BCUT2D eigenvalue weighted by molar-refractivity contribution is 0.0922. The lowest BCUT2D eigenvalue weighted by Gasteiger charge is -2.05. The van der Waals surface area contributed by atoms with Gasteiger partial charge in [-0.15, -0.1) is 0 Å². The summed E-state index contributed by atoms with van der Waals surface area (Å²) >= 11 is 0. The van der Waals surface area contributed by atoms with Crippen LogP contribution in [0.15, 0.2) is 24.3 Å². The maximum atomic E-state index is 11.6. The lowest BCUT2D eigenvalue weighted by atomic mass is 10.1. The fourth-order valence-electron chi connectivity index (χ4n) is 1.21. The Morgan fingerprint density at radius 1 is 1.56 bits per heavy atom. The SMILES string of the molecule is CCOCCNC(=O)c1cccc(C#N)c1. The van der Waals surface area contributed by atoms with Crippen LogP contribution in [0.2, 0.25) is 0 Å². The quantitative estimate of drug-likeness (QED) is 0.758. The van der Waals surface area contributed by atoms with Crippen molar-refractivity contribution in [3.63, 3.8) is 0 Å². The van der Waals surface area contributed by atoms with Gasteiger partial charge in [-0.05, 0) is 25.1 Å². The molecule has 0 aliphatic carbocycles. The molecule has 0 atom stereocenters. The van der Waals surface area contributed by atoms with Crippen LogP contribution in [-0.4, -0.2) is 25.7 Å². The third-order valence-electron chi connectivity index (χ3n) is 1.99. The van der Waals surface area contributed by atoms with E-state index in [9.17, 15) is 4.79 Å². The Morgan fingerprint density at radius 2 is 2.38 bits per heavy atom. The maximum Gasteiger partial charge on any atom is 0.251 e. The zero-order chi connectivity index (χ0) is 11.8. The third kappa shape index (κ3) is 3.71. The number of carbonyl (C=O) groups is 1. The Balaban J connectivity index is 2.50. The molecule has 4 nitrogen and oxygen atoms in total. The molecule has 1 amide bonds. The van der Waals surface area contributed by atoms with Gasteiger partial charge in [-0.1, -0.05) is 6.07 Å². The summed E-state index contributed by atoms with van der Waals surface area (Å²) in [7, 11) is 0. The van der Waals surface area contributed by atoms with Crippen LogP contribution in [0.25, 0.3) is 0 Å². The van der Waals surface area contributed by atoms with Crippen molar-refractivity contribution in [3.8, 4) is 6.07 Å². The number of benzene rings is 1. The highest BCUT2D eigenvalue weighted by Gasteiger charge is 2.04.